The molecule has 2 heterocycles. The molecule has 0 unspecified atom stereocenters. The maximum absolute atomic E-state index is 11.9. The summed E-state index contributed by atoms with van der Waals surface area (Å²) in [6, 6.07) is 1.90. The van der Waals surface area contributed by atoms with Gasteiger partial charge in [0.2, 0.25) is 11.8 Å². The number of nitrogens with zero attached hydrogens (tertiary/aromatic N) is 1. The summed E-state index contributed by atoms with van der Waals surface area (Å²) in [5, 5.41) is 8.03. The largest absolute Gasteiger partial charge is 0.343 e. The SMILES string of the molecule is CC(=O)Nc1ccsc1CNCCC(=O)N1CCCC1. The Balaban J connectivity index is 1.69. The van der Waals surface area contributed by atoms with Gasteiger partial charge in [-0.1, -0.05) is 0 Å². The number of hydrogen-bond donors (Lipinski definition) is 2. The van der Waals surface area contributed by atoms with Gasteiger partial charge in [0, 0.05) is 44.4 Å². The van der Waals surface area contributed by atoms with Crippen LogP contribution >= 0.6 is 11.3 Å². The van der Waals surface area contributed by atoms with Gasteiger partial charge < -0.3 is 15.5 Å². The third kappa shape index (κ3) is 4.31. The first kappa shape index (κ1) is 15.0. The van der Waals surface area contributed by atoms with E-state index in [0.717, 1.165) is 36.5 Å². The molecule has 0 bridgehead atoms. The number of carbonyl (C=O) groups excluding carboxylic acids is 2. The molecule has 2 N–H and O–H groups in total. The molecule has 2 rings (SSSR count). The van der Waals surface area contributed by atoms with E-state index in [1.165, 1.54) is 6.92 Å². The first-order valence-corrected chi connectivity index (χ1v) is 7.87. The quantitative estimate of drug-likeness (QED) is 0.787. The Bertz CT molecular complexity index is 467. The lowest BCUT2D eigenvalue weighted by Gasteiger charge is -2.15. The zero-order chi connectivity index (χ0) is 14.4. The Morgan fingerprint density at radius 3 is 2.80 bits per heavy atom. The summed E-state index contributed by atoms with van der Waals surface area (Å²) in [4.78, 5) is 25.9. The zero-order valence-corrected chi connectivity index (χ0v) is 12.6. The molecule has 0 atom stereocenters. The Kier molecular flexibility index (Phi) is 5.55. The van der Waals surface area contributed by atoms with Gasteiger partial charge in [0.1, 0.15) is 0 Å². The van der Waals surface area contributed by atoms with Crippen molar-refractivity contribution in [2.24, 2.45) is 0 Å². The molecular formula is C14H21N3O2S. The Hall–Kier alpha value is -1.40. The number of amides is 2. The zero-order valence-electron chi connectivity index (χ0n) is 11.8. The normalized spacial score (nSPS) is 14.6. The van der Waals surface area contributed by atoms with Gasteiger partial charge in [-0.3, -0.25) is 9.59 Å². The number of hydrogen-bond acceptors (Lipinski definition) is 4. The van der Waals surface area contributed by atoms with Crippen LogP contribution in [0.2, 0.25) is 0 Å². The fraction of sp³-hybridized carbons (Fsp3) is 0.571. The van der Waals surface area contributed by atoms with Crippen molar-refractivity contribution in [3.8, 4) is 0 Å². The Labute approximate surface area is 123 Å². The third-order valence-corrected chi connectivity index (χ3v) is 4.24. The summed E-state index contributed by atoms with van der Waals surface area (Å²) in [7, 11) is 0. The van der Waals surface area contributed by atoms with Gasteiger partial charge >= 0.3 is 0 Å². The van der Waals surface area contributed by atoms with Crippen molar-refractivity contribution < 1.29 is 9.59 Å². The monoisotopic (exact) mass is 295 g/mol. The third-order valence-electron chi connectivity index (χ3n) is 3.32. The van der Waals surface area contributed by atoms with Crippen LogP contribution < -0.4 is 10.6 Å². The number of rotatable bonds is 6. The molecule has 0 aliphatic carbocycles. The van der Waals surface area contributed by atoms with Crippen molar-refractivity contribution in [1.29, 1.82) is 0 Å². The number of likely N-dealkylation sites (tertiary alicyclic amines) is 1. The smallest absolute Gasteiger partial charge is 0.223 e. The van der Waals surface area contributed by atoms with Crippen molar-refractivity contribution in [3.63, 3.8) is 0 Å². The minimum absolute atomic E-state index is 0.0612. The molecule has 110 valence electrons. The van der Waals surface area contributed by atoms with Crippen molar-refractivity contribution in [2.75, 3.05) is 25.0 Å². The molecule has 1 fully saturated rings. The summed E-state index contributed by atoms with van der Waals surface area (Å²) in [6.07, 6.45) is 2.81. The van der Waals surface area contributed by atoms with E-state index in [9.17, 15) is 9.59 Å². The van der Waals surface area contributed by atoms with Crippen LogP contribution in [-0.2, 0) is 16.1 Å². The Morgan fingerprint density at radius 1 is 1.35 bits per heavy atom. The lowest BCUT2D eigenvalue weighted by molar-refractivity contribution is -0.130. The molecule has 0 radical (unpaired) electrons. The molecule has 1 aliphatic heterocycles. The number of carbonyl (C=O) groups is 2. The highest BCUT2D eigenvalue weighted by atomic mass is 32.1. The summed E-state index contributed by atoms with van der Waals surface area (Å²) >= 11 is 1.60. The van der Waals surface area contributed by atoms with Crippen LogP contribution in [0.3, 0.4) is 0 Å². The highest BCUT2D eigenvalue weighted by Gasteiger charge is 2.16. The maximum atomic E-state index is 11.9. The van der Waals surface area contributed by atoms with Crippen LogP contribution in [0.25, 0.3) is 0 Å². The van der Waals surface area contributed by atoms with E-state index in [0.29, 0.717) is 19.5 Å². The number of thiophene rings is 1. The van der Waals surface area contributed by atoms with Gasteiger partial charge in [-0.05, 0) is 24.3 Å². The van der Waals surface area contributed by atoms with Crippen molar-refractivity contribution in [2.45, 2.75) is 32.7 Å². The van der Waals surface area contributed by atoms with Crippen LogP contribution in [0, 0.1) is 0 Å². The van der Waals surface area contributed by atoms with Crippen LogP contribution in [0.4, 0.5) is 5.69 Å². The molecule has 20 heavy (non-hydrogen) atoms. The van der Waals surface area contributed by atoms with Crippen molar-refractivity contribution in [1.82, 2.24) is 10.2 Å². The van der Waals surface area contributed by atoms with E-state index in [-0.39, 0.29) is 11.8 Å². The summed E-state index contributed by atoms with van der Waals surface area (Å²) in [6.45, 7) is 4.68. The minimum Gasteiger partial charge on any atom is -0.343 e. The molecule has 2 amide bonds. The van der Waals surface area contributed by atoms with Crippen LogP contribution in [0.1, 0.15) is 31.1 Å². The molecule has 1 aromatic heterocycles. The van der Waals surface area contributed by atoms with E-state index in [1.807, 2.05) is 16.3 Å². The minimum atomic E-state index is -0.0612. The van der Waals surface area contributed by atoms with E-state index in [2.05, 4.69) is 10.6 Å². The van der Waals surface area contributed by atoms with Crippen LogP contribution in [-0.4, -0.2) is 36.3 Å². The molecule has 6 heteroatoms. The van der Waals surface area contributed by atoms with Crippen LogP contribution in [0.5, 0.6) is 0 Å². The van der Waals surface area contributed by atoms with Gasteiger partial charge in [0.25, 0.3) is 0 Å². The van der Waals surface area contributed by atoms with Gasteiger partial charge in [-0.2, -0.15) is 0 Å². The molecule has 0 aromatic carbocycles. The van der Waals surface area contributed by atoms with Gasteiger partial charge in [0.15, 0.2) is 0 Å². The molecule has 0 spiro atoms. The fourth-order valence-corrected chi connectivity index (χ4v) is 3.10. The predicted octanol–water partition coefficient (Wildman–Crippen LogP) is 1.81. The first-order chi connectivity index (χ1) is 9.66. The van der Waals surface area contributed by atoms with E-state index >= 15 is 0 Å². The van der Waals surface area contributed by atoms with Crippen molar-refractivity contribution >= 4 is 28.8 Å². The maximum Gasteiger partial charge on any atom is 0.223 e. The number of anilines is 1. The summed E-state index contributed by atoms with van der Waals surface area (Å²) < 4.78 is 0. The average molecular weight is 295 g/mol. The molecule has 1 aliphatic rings. The van der Waals surface area contributed by atoms with Crippen LogP contribution in [0.15, 0.2) is 11.4 Å². The number of nitrogens with one attached hydrogen (secondary N) is 2. The van der Waals surface area contributed by atoms with Gasteiger partial charge in [0.05, 0.1) is 5.69 Å². The second kappa shape index (κ2) is 7.40. The fourth-order valence-electron chi connectivity index (χ4n) is 2.30. The highest BCUT2D eigenvalue weighted by Crippen LogP contribution is 2.21. The predicted molar refractivity (Wildman–Crippen MR) is 80.8 cm³/mol. The van der Waals surface area contributed by atoms with Gasteiger partial charge in [-0.15, -0.1) is 11.3 Å². The molecular weight excluding hydrogens is 274 g/mol. The van der Waals surface area contributed by atoms with Crippen molar-refractivity contribution in [3.05, 3.63) is 16.3 Å². The van der Waals surface area contributed by atoms with Gasteiger partial charge in [-0.25, -0.2) is 0 Å². The molecule has 1 saturated heterocycles. The Morgan fingerprint density at radius 2 is 2.10 bits per heavy atom. The topological polar surface area (TPSA) is 61.4 Å². The van der Waals surface area contributed by atoms with E-state index < -0.39 is 0 Å². The second-order valence-electron chi connectivity index (χ2n) is 4.95. The standard InChI is InChI=1S/C14H21N3O2S/c1-11(18)16-12-5-9-20-13(12)10-15-6-4-14(19)17-7-2-3-8-17/h5,9,15H,2-4,6-8,10H2,1H3,(H,16,18). The average Bonchev–Trinajstić information content (AvgIpc) is 3.05. The molecule has 1 aromatic rings. The molecule has 0 saturated carbocycles. The lowest BCUT2D eigenvalue weighted by Crippen LogP contribution is -2.30. The first-order valence-electron chi connectivity index (χ1n) is 6.99. The van der Waals surface area contributed by atoms with E-state index in [4.69, 9.17) is 0 Å². The summed E-state index contributed by atoms with van der Waals surface area (Å²) in [5.74, 6) is 0.178. The molecule has 5 nitrogen and oxygen atoms in total. The second-order valence-corrected chi connectivity index (χ2v) is 5.95. The summed E-state index contributed by atoms with van der Waals surface area (Å²) in [5.41, 5.74) is 0.862. The van der Waals surface area contributed by atoms with E-state index in [1.54, 1.807) is 11.3 Å². The lowest BCUT2D eigenvalue weighted by atomic mass is 10.3. The highest BCUT2D eigenvalue weighted by molar-refractivity contribution is 7.10.